The lowest BCUT2D eigenvalue weighted by molar-refractivity contribution is 0.622. The van der Waals surface area contributed by atoms with Crippen LogP contribution in [0, 0.1) is 19.7 Å². The molecule has 0 aliphatic rings. The van der Waals surface area contributed by atoms with Crippen LogP contribution in [0.25, 0.3) is 0 Å². The molecule has 0 heterocycles. The minimum Gasteiger partial charge on any atom is -0.330 e. The molecule has 11 heavy (non-hydrogen) atoms. The van der Waals surface area contributed by atoms with Crippen molar-refractivity contribution in [2.75, 3.05) is 4.72 Å². The fourth-order valence-corrected chi connectivity index (χ4v) is 1.04. The van der Waals surface area contributed by atoms with E-state index in [4.69, 9.17) is 0 Å². The van der Waals surface area contributed by atoms with Crippen LogP contribution in [0.5, 0.6) is 0 Å². The van der Waals surface area contributed by atoms with Crippen molar-refractivity contribution in [3.05, 3.63) is 29.1 Å². The fourth-order valence-electron chi connectivity index (χ4n) is 0.868. The van der Waals surface area contributed by atoms with Crippen molar-refractivity contribution in [2.45, 2.75) is 13.8 Å². The lowest BCUT2D eigenvalue weighted by Crippen LogP contribution is -1.92. The van der Waals surface area contributed by atoms with Gasteiger partial charge in [0.25, 0.3) is 0 Å². The van der Waals surface area contributed by atoms with Crippen molar-refractivity contribution in [3.63, 3.8) is 0 Å². The molecule has 3 heteroatoms. The van der Waals surface area contributed by atoms with Crippen LogP contribution in [0.4, 0.5) is 10.1 Å². The van der Waals surface area contributed by atoms with E-state index in [2.05, 4.69) is 17.5 Å². The van der Waals surface area contributed by atoms with Gasteiger partial charge in [0, 0.05) is 0 Å². The first-order valence-electron chi connectivity index (χ1n) is 3.32. The number of anilines is 1. The summed E-state index contributed by atoms with van der Waals surface area (Å²) in [5.41, 5.74) is 2.05. The average Bonchev–Trinajstić information content (AvgIpc) is 2.01. The zero-order chi connectivity index (χ0) is 8.43. The van der Waals surface area contributed by atoms with Crippen molar-refractivity contribution in [2.24, 2.45) is 0 Å². The minimum absolute atomic E-state index is 0.222. The number of hydrogen-bond donors (Lipinski definition) is 2. The standard InChI is InChI=1S/C8H10FNS/c1-5-3-4-7(10-11)8(9)6(5)2/h3-4,10-11H,1-2H3. The Labute approximate surface area is 71.2 Å². The summed E-state index contributed by atoms with van der Waals surface area (Å²) in [6.07, 6.45) is 0. The van der Waals surface area contributed by atoms with E-state index in [9.17, 15) is 4.39 Å². The molecule has 0 saturated carbocycles. The second-order valence-corrected chi connectivity index (χ2v) is 2.70. The third-order valence-electron chi connectivity index (χ3n) is 1.78. The van der Waals surface area contributed by atoms with Crippen molar-refractivity contribution in [1.82, 2.24) is 0 Å². The monoisotopic (exact) mass is 171 g/mol. The summed E-state index contributed by atoms with van der Waals surface area (Å²) in [7, 11) is 0. The van der Waals surface area contributed by atoms with Crippen LogP contribution < -0.4 is 4.72 Å². The van der Waals surface area contributed by atoms with Crippen LogP contribution in [0.15, 0.2) is 12.1 Å². The van der Waals surface area contributed by atoms with E-state index in [1.165, 1.54) is 0 Å². The highest BCUT2D eigenvalue weighted by atomic mass is 32.1. The van der Waals surface area contributed by atoms with E-state index in [1.54, 1.807) is 13.0 Å². The molecule has 0 radical (unpaired) electrons. The molecular formula is C8H10FNS. The van der Waals surface area contributed by atoms with E-state index in [1.807, 2.05) is 13.0 Å². The molecule has 1 aromatic rings. The molecule has 0 fully saturated rings. The number of hydrogen-bond acceptors (Lipinski definition) is 2. The quantitative estimate of drug-likeness (QED) is 0.619. The number of aryl methyl sites for hydroxylation is 1. The van der Waals surface area contributed by atoms with Crippen molar-refractivity contribution in [1.29, 1.82) is 0 Å². The summed E-state index contributed by atoms with van der Waals surface area (Å²) in [6.45, 7) is 3.62. The van der Waals surface area contributed by atoms with E-state index in [0.717, 1.165) is 5.56 Å². The number of thiol groups is 1. The van der Waals surface area contributed by atoms with Crippen molar-refractivity contribution >= 4 is 18.5 Å². The van der Waals surface area contributed by atoms with Crippen LogP contribution in [-0.4, -0.2) is 0 Å². The van der Waals surface area contributed by atoms with Crippen molar-refractivity contribution < 1.29 is 4.39 Å². The molecule has 0 aromatic heterocycles. The van der Waals surface area contributed by atoms with Crippen LogP contribution in [0.1, 0.15) is 11.1 Å². The maximum Gasteiger partial charge on any atom is 0.150 e. The van der Waals surface area contributed by atoms with Gasteiger partial charge in [-0.3, -0.25) is 0 Å². The molecule has 0 saturated heterocycles. The zero-order valence-electron chi connectivity index (χ0n) is 6.48. The molecule has 0 bridgehead atoms. The predicted octanol–water partition coefficient (Wildman–Crippen LogP) is 2.70. The van der Waals surface area contributed by atoms with Crippen molar-refractivity contribution in [3.8, 4) is 0 Å². The lowest BCUT2D eigenvalue weighted by atomic mass is 10.1. The average molecular weight is 171 g/mol. The van der Waals surface area contributed by atoms with Crippen LogP contribution in [0.2, 0.25) is 0 Å². The molecule has 1 N–H and O–H groups in total. The first-order chi connectivity index (χ1) is 5.16. The summed E-state index contributed by atoms with van der Waals surface area (Å²) in [5, 5.41) is 0. The summed E-state index contributed by atoms with van der Waals surface area (Å²) in [4.78, 5) is 0. The number of benzene rings is 1. The normalized spacial score (nSPS) is 9.82. The van der Waals surface area contributed by atoms with E-state index < -0.39 is 0 Å². The van der Waals surface area contributed by atoms with Gasteiger partial charge in [-0.2, -0.15) is 0 Å². The Kier molecular flexibility index (Phi) is 2.39. The van der Waals surface area contributed by atoms with Gasteiger partial charge in [0.15, 0.2) is 0 Å². The van der Waals surface area contributed by atoms with Gasteiger partial charge in [0.05, 0.1) is 5.69 Å². The Morgan fingerprint density at radius 1 is 1.36 bits per heavy atom. The molecule has 0 amide bonds. The highest BCUT2D eigenvalue weighted by molar-refractivity contribution is 7.81. The molecule has 0 aliphatic heterocycles. The van der Waals surface area contributed by atoms with Crippen LogP contribution in [-0.2, 0) is 0 Å². The van der Waals surface area contributed by atoms with Gasteiger partial charge in [-0.05, 0) is 31.0 Å². The minimum atomic E-state index is -0.222. The summed E-state index contributed by atoms with van der Waals surface area (Å²) >= 11 is 3.77. The van der Waals surface area contributed by atoms with Gasteiger partial charge in [-0.15, -0.1) is 0 Å². The summed E-state index contributed by atoms with van der Waals surface area (Å²) in [5.74, 6) is -0.222. The van der Waals surface area contributed by atoms with E-state index in [0.29, 0.717) is 11.3 Å². The Hall–Kier alpha value is -0.700. The first kappa shape index (κ1) is 8.40. The van der Waals surface area contributed by atoms with Gasteiger partial charge in [0.1, 0.15) is 5.82 Å². The van der Waals surface area contributed by atoms with Crippen LogP contribution in [0.3, 0.4) is 0 Å². The number of nitrogens with one attached hydrogen (secondary N) is 1. The Morgan fingerprint density at radius 3 is 2.55 bits per heavy atom. The molecule has 1 rings (SSSR count). The largest absolute Gasteiger partial charge is 0.330 e. The lowest BCUT2D eigenvalue weighted by Gasteiger charge is -2.05. The molecule has 0 aliphatic carbocycles. The molecule has 1 nitrogen and oxygen atoms in total. The van der Waals surface area contributed by atoms with E-state index >= 15 is 0 Å². The number of halogens is 1. The molecular weight excluding hydrogens is 161 g/mol. The SMILES string of the molecule is Cc1ccc(NS)c(F)c1C. The highest BCUT2D eigenvalue weighted by Crippen LogP contribution is 2.20. The first-order valence-corrected chi connectivity index (χ1v) is 3.77. The Bertz CT molecular complexity index is 273. The second-order valence-electron chi connectivity index (χ2n) is 2.48. The summed E-state index contributed by atoms with van der Waals surface area (Å²) in [6, 6.07) is 3.53. The third-order valence-corrected chi connectivity index (χ3v) is 2.02. The molecule has 1 aromatic carbocycles. The maximum atomic E-state index is 13.2. The van der Waals surface area contributed by atoms with Gasteiger partial charge in [-0.1, -0.05) is 18.9 Å². The van der Waals surface area contributed by atoms with Gasteiger partial charge >= 0.3 is 0 Å². The van der Waals surface area contributed by atoms with E-state index in [-0.39, 0.29) is 5.82 Å². The second kappa shape index (κ2) is 3.13. The molecule has 0 unspecified atom stereocenters. The predicted molar refractivity (Wildman–Crippen MR) is 48.5 cm³/mol. The fraction of sp³-hybridized carbons (Fsp3) is 0.250. The third kappa shape index (κ3) is 1.48. The molecule has 0 atom stereocenters. The Balaban J connectivity index is 3.25. The van der Waals surface area contributed by atoms with Gasteiger partial charge in [0.2, 0.25) is 0 Å². The molecule has 0 spiro atoms. The topological polar surface area (TPSA) is 12.0 Å². The summed E-state index contributed by atoms with van der Waals surface area (Å²) < 4.78 is 15.6. The van der Waals surface area contributed by atoms with Gasteiger partial charge in [-0.25, -0.2) is 4.39 Å². The highest BCUT2D eigenvalue weighted by Gasteiger charge is 2.04. The van der Waals surface area contributed by atoms with Crippen LogP contribution >= 0.6 is 12.8 Å². The molecule has 60 valence electrons. The smallest absolute Gasteiger partial charge is 0.150 e. The van der Waals surface area contributed by atoms with Gasteiger partial charge < -0.3 is 4.72 Å². The maximum absolute atomic E-state index is 13.2. The Morgan fingerprint density at radius 2 is 2.00 bits per heavy atom. The number of rotatable bonds is 1. The zero-order valence-corrected chi connectivity index (χ0v) is 7.37.